The van der Waals surface area contributed by atoms with Gasteiger partial charge < -0.3 is 24.6 Å². The van der Waals surface area contributed by atoms with Gasteiger partial charge >= 0.3 is 0 Å². The molecule has 4 rings (SSSR count). The second kappa shape index (κ2) is 12.4. The van der Waals surface area contributed by atoms with Gasteiger partial charge in [-0.1, -0.05) is 43.1 Å². The van der Waals surface area contributed by atoms with Gasteiger partial charge in [0.25, 0.3) is 5.91 Å². The van der Waals surface area contributed by atoms with Gasteiger partial charge in [-0.3, -0.25) is 9.69 Å². The molecule has 2 aromatic carbocycles. The van der Waals surface area contributed by atoms with Crippen LogP contribution in [0.2, 0.25) is 5.02 Å². The lowest BCUT2D eigenvalue weighted by Gasteiger charge is -2.35. The number of hydrogen-bond donors (Lipinski definition) is 2. The van der Waals surface area contributed by atoms with E-state index in [1.807, 2.05) is 31.2 Å². The van der Waals surface area contributed by atoms with Crippen LogP contribution in [0.25, 0.3) is 11.1 Å². The first kappa shape index (κ1) is 27.5. The third-order valence-corrected chi connectivity index (χ3v) is 7.12. The quantitative estimate of drug-likeness (QED) is 0.389. The number of amides is 1. The minimum atomic E-state index is -0.472. The fourth-order valence-corrected chi connectivity index (χ4v) is 4.93. The number of aromatic hydroxyl groups is 2. The number of nitrogens with zero attached hydrogens (tertiary/aromatic N) is 3. The Balaban J connectivity index is 1.65. The minimum Gasteiger partial charge on any atom is -0.506 e. The Hall–Kier alpha value is -3.49. The minimum absolute atomic E-state index is 0.209. The molecule has 0 aliphatic carbocycles. The SMILES string of the molecule is CCCCc1nc(O)c(C(=O)N2CCN(Cc3ccc(Cl)cc3)CC2)c(O)c1-c1c(OC)cccc1OC. The fraction of sp³-hybridized carbons (Fsp3) is 0.379. The zero-order chi connectivity index (χ0) is 27.2. The van der Waals surface area contributed by atoms with Crippen molar-refractivity contribution in [1.82, 2.24) is 14.8 Å². The van der Waals surface area contributed by atoms with Crippen LogP contribution in [0.1, 0.15) is 41.4 Å². The van der Waals surface area contributed by atoms with Gasteiger partial charge in [-0.25, -0.2) is 4.98 Å². The zero-order valence-corrected chi connectivity index (χ0v) is 22.8. The maximum atomic E-state index is 13.6. The Kier molecular flexibility index (Phi) is 8.97. The maximum absolute atomic E-state index is 13.6. The normalized spacial score (nSPS) is 13.9. The van der Waals surface area contributed by atoms with Crippen molar-refractivity contribution in [3.8, 4) is 34.3 Å². The van der Waals surface area contributed by atoms with Gasteiger partial charge in [0.05, 0.1) is 31.0 Å². The van der Waals surface area contributed by atoms with Crippen molar-refractivity contribution in [2.75, 3.05) is 40.4 Å². The van der Waals surface area contributed by atoms with Crippen molar-refractivity contribution in [1.29, 1.82) is 0 Å². The van der Waals surface area contributed by atoms with E-state index in [0.29, 0.717) is 65.9 Å². The highest BCUT2D eigenvalue weighted by molar-refractivity contribution is 6.30. The van der Waals surface area contributed by atoms with E-state index in [0.717, 1.165) is 24.9 Å². The summed E-state index contributed by atoms with van der Waals surface area (Å²) in [6.07, 6.45) is 2.19. The smallest absolute Gasteiger partial charge is 0.263 e. The molecule has 0 saturated carbocycles. The number of rotatable bonds is 9. The highest BCUT2D eigenvalue weighted by Crippen LogP contribution is 2.47. The van der Waals surface area contributed by atoms with Crippen LogP contribution in [-0.2, 0) is 13.0 Å². The summed E-state index contributed by atoms with van der Waals surface area (Å²) < 4.78 is 11.2. The first-order valence-corrected chi connectivity index (χ1v) is 13.2. The standard InChI is InChI=1S/C29H34ClN3O5/c1-4-5-7-21-24(25-22(37-2)8-6-9-23(25)38-3)27(34)26(28(35)31-21)29(36)33-16-14-32(15-17-33)18-19-10-12-20(30)13-11-19/h6,8-13H,4-5,7,14-18H2,1-3H3,(H2,31,34,35). The molecule has 1 aromatic heterocycles. The van der Waals surface area contributed by atoms with Gasteiger partial charge in [0.1, 0.15) is 22.8 Å². The highest BCUT2D eigenvalue weighted by atomic mass is 35.5. The summed E-state index contributed by atoms with van der Waals surface area (Å²) in [6.45, 7) is 5.03. The summed E-state index contributed by atoms with van der Waals surface area (Å²) in [6, 6.07) is 13.0. The topological polar surface area (TPSA) is 95.4 Å². The summed E-state index contributed by atoms with van der Waals surface area (Å²) in [4.78, 5) is 21.9. The number of piperazine rings is 1. The molecule has 202 valence electrons. The summed E-state index contributed by atoms with van der Waals surface area (Å²) in [7, 11) is 3.06. The molecular formula is C29H34ClN3O5. The number of carbonyl (C=O) groups is 1. The van der Waals surface area contributed by atoms with Gasteiger partial charge in [-0.05, 0) is 42.7 Å². The lowest BCUT2D eigenvalue weighted by molar-refractivity contribution is 0.0621. The lowest BCUT2D eigenvalue weighted by atomic mass is 9.95. The Morgan fingerprint density at radius 2 is 1.61 bits per heavy atom. The highest BCUT2D eigenvalue weighted by Gasteiger charge is 2.32. The van der Waals surface area contributed by atoms with E-state index in [9.17, 15) is 15.0 Å². The Morgan fingerprint density at radius 3 is 2.18 bits per heavy atom. The van der Waals surface area contributed by atoms with Crippen molar-refractivity contribution in [3.05, 3.63) is 64.3 Å². The van der Waals surface area contributed by atoms with E-state index in [4.69, 9.17) is 21.1 Å². The molecule has 2 N–H and O–H groups in total. The Labute approximate surface area is 228 Å². The monoisotopic (exact) mass is 539 g/mol. The predicted molar refractivity (Wildman–Crippen MR) is 147 cm³/mol. The molecule has 0 atom stereocenters. The van der Waals surface area contributed by atoms with Crippen LogP contribution in [0, 0.1) is 0 Å². The van der Waals surface area contributed by atoms with Crippen molar-refractivity contribution >= 4 is 17.5 Å². The number of hydrogen-bond acceptors (Lipinski definition) is 7. The first-order valence-electron chi connectivity index (χ1n) is 12.8. The van der Waals surface area contributed by atoms with Crippen molar-refractivity contribution < 1.29 is 24.5 Å². The number of halogens is 1. The van der Waals surface area contributed by atoms with Gasteiger partial charge in [-0.2, -0.15) is 0 Å². The summed E-state index contributed by atoms with van der Waals surface area (Å²) in [5.41, 5.74) is 2.26. The Morgan fingerprint density at radius 1 is 0.974 bits per heavy atom. The third-order valence-electron chi connectivity index (χ3n) is 6.86. The van der Waals surface area contributed by atoms with E-state index in [1.165, 1.54) is 14.2 Å². The summed E-state index contributed by atoms with van der Waals surface area (Å²) in [5, 5.41) is 23.1. The lowest BCUT2D eigenvalue weighted by Crippen LogP contribution is -2.48. The number of aromatic nitrogens is 1. The van der Waals surface area contributed by atoms with E-state index in [2.05, 4.69) is 9.88 Å². The van der Waals surface area contributed by atoms with Crippen LogP contribution in [-0.4, -0.2) is 71.3 Å². The molecule has 1 saturated heterocycles. The summed E-state index contributed by atoms with van der Waals surface area (Å²) >= 11 is 5.99. The van der Waals surface area contributed by atoms with E-state index in [-0.39, 0.29) is 11.3 Å². The molecular weight excluding hydrogens is 506 g/mol. The molecule has 1 aliphatic heterocycles. The van der Waals surface area contributed by atoms with Crippen LogP contribution >= 0.6 is 11.6 Å². The second-order valence-electron chi connectivity index (χ2n) is 9.32. The molecule has 8 nitrogen and oxygen atoms in total. The van der Waals surface area contributed by atoms with E-state index >= 15 is 0 Å². The second-order valence-corrected chi connectivity index (χ2v) is 9.75. The average Bonchev–Trinajstić information content (AvgIpc) is 2.93. The van der Waals surface area contributed by atoms with Gasteiger partial charge in [-0.15, -0.1) is 0 Å². The van der Waals surface area contributed by atoms with E-state index < -0.39 is 11.8 Å². The summed E-state index contributed by atoms with van der Waals surface area (Å²) in [5.74, 6) is -0.311. The van der Waals surface area contributed by atoms with Gasteiger partial charge in [0.2, 0.25) is 5.88 Å². The largest absolute Gasteiger partial charge is 0.506 e. The zero-order valence-electron chi connectivity index (χ0n) is 22.0. The number of carbonyl (C=O) groups excluding carboxylic acids is 1. The van der Waals surface area contributed by atoms with Crippen LogP contribution in [0.3, 0.4) is 0 Å². The molecule has 0 bridgehead atoms. The maximum Gasteiger partial charge on any atom is 0.263 e. The number of pyridine rings is 1. The average molecular weight is 540 g/mol. The van der Waals surface area contributed by atoms with Crippen LogP contribution in [0.5, 0.6) is 23.1 Å². The molecule has 1 amide bonds. The van der Waals surface area contributed by atoms with Gasteiger partial charge in [0, 0.05) is 37.7 Å². The first-order chi connectivity index (χ1) is 18.4. The van der Waals surface area contributed by atoms with E-state index in [1.54, 1.807) is 23.1 Å². The molecule has 0 unspecified atom stereocenters. The van der Waals surface area contributed by atoms with Crippen molar-refractivity contribution in [2.45, 2.75) is 32.7 Å². The number of benzene rings is 2. The molecule has 1 fully saturated rings. The van der Waals surface area contributed by atoms with Crippen LogP contribution in [0.4, 0.5) is 0 Å². The molecule has 1 aliphatic rings. The number of unbranched alkanes of at least 4 members (excludes halogenated alkanes) is 1. The number of aryl methyl sites for hydroxylation is 1. The fourth-order valence-electron chi connectivity index (χ4n) is 4.80. The number of ether oxygens (including phenoxy) is 2. The van der Waals surface area contributed by atoms with Crippen molar-refractivity contribution in [2.24, 2.45) is 0 Å². The van der Waals surface area contributed by atoms with Crippen molar-refractivity contribution in [3.63, 3.8) is 0 Å². The van der Waals surface area contributed by atoms with Crippen LogP contribution in [0.15, 0.2) is 42.5 Å². The Bertz CT molecular complexity index is 1250. The molecule has 9 heteroatoms. The van der Waals surface area contributed by atoms with Gasteiger partial charge in [0.15, 0.2) is 0 Å². The molecule has 0 radical (unpaired) electrons. The number of methoxy groups -OCH3 is 2. The third kappa shape index (κ3) is 5.81. The molecule has 3 aromatic rings. The molecule has 0 spiro atoms. The molecule has 2 heterocycles. The van der Waals surface area contributed by atoms with Crippen LogP contribution < -0.4 is 9.47 Å². The molecule has 38 heavy (non-hydrogen) atoms. The predicted octanol–water partition coefficient (Wildman–Crippen LogP) is 5.13.